The number of rotatable bonds is 4. The Labute approximate surface area is 131 Å². The number of thioether (sulfide) groups is 1. The van der Waals surface area contributed by atoms with E-state index in [9.17, 15) is 5.11 Å². The summed E-state index contributed by atoms with van der Waals surface area (Å²) in [5, 5.41) is 11.7. The standard InChI is InChI=1S/C14H11Cl3OS/c15-9-4-6-10(7-5-9)19-8-13(18)11-2-1-3-12(16)14(11)17/h1-7,13,18H,8H2. The molecule has 100 valence electrons. The minimum atomic E-state index is -0.660. The lowest BCUT2D eigenvalue weighted by Gasteiger charge is -2.13. The molecule has 2 aromatic carbocycles. The molecule has 19 heavy (non-hydrogen) atoms. The monoisotopic (exact) mass is 332 g/mol. The Morgan fingerprint density at radius 1 is 1.00 bits per heavy atom. The smallest absolute Gasteiger partial charge is 0.0898 e. The Morgan fingerprint density at radius 3 is 2.37 bits per heavy atom. The van der Waals surface area contributed by atoms with Gasteiger partial charge in [0.2, 0.25) is 0 Å². The summed E-state index contributed by atoms with van der Waals surface area (Å²) in [6.07, 6.45) is -0.660. The van der Waals surface area contributed by atoms with Crippen LogP contribution in [0.4, 0.5) is 0 Å². The van der Waals surface area contributed by atoms with Gasteiger partial charge in [-0.05, 0) is 30.3 Å². The highest BCUT2D eigenvalue weighted by Gasteiger charge is 2.13. The second-order valence-corrected chi connectivity index (χ2v) is 6.24. The van der Waals surface area contributed by atoms with Crippen molar-refractivity contribution in [3.8, 4) is 0 Å². The minimum absolute atomic E-state index is 0.411. The van der Waals surface area contributed by atoms with Gasteiger partial charge in [0.05, 0.1) is 16.1 Å². The quantitative estimate of drug-likeness (QED) is 0.748. The van der Waals surface area contributed by atoms with Gasteiger partial charge in [-0.25, -0.2) is 0 Å². The molecule has 1 nitrogen and oxygen atoms in total. The zero-order chi connectivity index (χ0) is 13.8. The van der Waals surface area contributed by atoms with Crippen molar-refractivity contribution in [2.24, 2.45) is 0 Å². The molecule has 0 fully saturated rings. The summed E-state index contributed by atoms with van der Waals surface area (Å²) in [5.74, 6) is 0.502. The third-order valence-corrected chi connectivity index (χ3v) is 4.74. The van der Waals surface area contributed by atoms with E-state index in [0.717, 1.165) is 4.90 Å². The molecule has 0 spiro atoms. The second-order valence-electron chi connectivity index (χ2n) is 3.92. The van der Waals surface area contributed by atoms with Crippen molar-refractivity contribution < 1.29 is 5.11 Å². The largest absolute Gasteiger partial charge is 0.387 e. The molecule has 0 bridgehead atoms. The molecule has 0 aliphatic rings. The lowest BCUT2D eigenvalue weighted by Crippen LogP contribution is -2.01. The van der Waals surface area contributed by atoms with Gasteiger partial charge in [-0.2, -0.15) is 0 Å². The lowest BCUT2D eigenvalue weighted by atomic mass is 10.1. The van der Waals surface area contributed by atoms with Gasteiger partial charge in [0.25, 0.3) is 0 Å². The SMILES string of the molecule is OC(CSc1ccc(Cl)cc1)c1cccc(Cl)c1Cl. The minimum Gasteiger partial charge on any atom is -0.387 e. The Balaban J connectivity index is 2.03. The normalized spacial score (nSPS) is 12.4. The number of halogens is 3. The van der Waals surface area contributed by atoms with E-state index in [1.165, 1.54) is 11.8 Å². The number of hydrogen-bond donors (Lipinski definition) is 1. The Morgan fingerprint density at radius 2 is 1.68 bits per heavy atom. The van der Waals surface area contributed by atoms with Crippen molar-refractivity contribution in [2.45, 2.75) is 11.0 Å². The summed E-state index contributed by atoms with van der Waals surface area (Å²) in [6.45, 7) is 0. The number of hydrogen-bond acceptors (Lipinski definition) is 2. The highest BCUT2D eigenvalue weighted by Crippen LogP contribution is 2.33. The van der Waals surface area contributed by atoms with Gasteiger partial charge in [0, 0.05) is 21.2 Å². The van der Waals surface area contributed by atoms with Gasteiger partial charge in [-0.1, -0.05) is 46.9 Å². The number of aliphatic hydroxyl groups is 1. The van der Waals surface area contributed by atoms with Crippen LogP contribution in [-0.2, 0) is 0 Å². The average molecular weight is 334 g/mol. The molecule has 0 saturated heterocycles. The number of benzene rings is 2. The van der Waals surface area contributed by atoms with Crippen LogP contribution in [-0.4, -0.2) is 10.9 Å². The Hall–Kier alpha value is -0.380. The van der Waals surface area contributed by atoms with Crippen LogP contribution < -0.4 is 0 Å². The van der Waals surface area contributed by atoms with Crippen LogP contribution in [0.15, 0.2) is 47.4 Å². The molecule has 0 aliphatic heterocycles. The van der Waals surface area contributed by atoms with Crippen LogP contribution >= 0.6 is 46.6 Å². The summed E-state index contributed by atoms with van der Waals surface area (Å²) in [7, 11) is 0. The maximum absolute atomic E-state index is 10.2. The van der Waals surface area contributed by atoms with Gasteiger partial charge >= 0.3 is 0 Å². The summed E-state index contributed by atoms with van der Waals surface area (Å²) < 4.78 is 0. The van der Waals surface area contributed by atoms with E-state index in [1.807, 2.05) is 24.3 Å². The summed E-state index contributed by atoms with van der Waals surface area (Å²) in [6, 6.07) is 12.7. The van der Waals surface area contributed by atoms with Crippen LogP contribution in [0.2, 0.25) is 15.1 Å². The van der Waals surface area contributed by atoms with Crippen molar-refractivity contribution in [2.75, 3.05) is 5.75 Å². The first-order valence-corrected chi connectivity index (χ1v) is 7.70. The highest BCUT2D eigenvalue weighted by molar-refractivity contribution is 7.99. The molecule has 1 unspecified atom stereocenters. The Kier molecular flexibility index (Phi) is 5.43. The summed E-state index contributed by atoms with van der Waals surface area (Å²) >= 11 is 19.4. The molecule has 0 aromatic heterocycles. The predicted octanol–water partition coefficient (Wildman–Crippen LogP) is 5.47. The highest BCUT2D eigenvalue weighted by atomic mass is 35.5. The van der Waals surface area contributed by atoms with Crippen LogP contribution in [0, 0.1) is 0 Å². The van der Waals surface area contributed by atoms with Gasteiger partial charge in [-0.15, -0.1) is 11.8 Å². The maximum atomic E-state index is 10.2. The van der Waals surface area contributed by atoms with E-state index in [-0.39, 0.29) is 0 Å². The van der Waals surface area contributed by atoms with Gasteiger partial charge in [0.1, 0.15) is 0 Å². The molecule has 2 aromatic rings. The van der Waals surface area contributed by atoms with Gasteiger partial charge in [-0.3, -0.25) is 0 Å². The Bertz CT molecular complexity index is 557. The number of aliphatic hydroxyl groups excluding tert-OH is 1. The molecule has 0 heterocycles. The zero-order valence-corrected chi connectivity index (χ0v) is 12.9. The van der Waals surface area contributed by atoms with Crippen molar-refractivity contribution >= 4 is 46.6 Å². The van der Waals surface area contributed by atoms with Gasteiger partial charge in [0.15, 0.2) is 0 Å². The molecule has 5 heteroatoms. The second kappa shape index (κ2) is 6.87. The van der Waals surface area contributed by atoms with E-state index in [4.69, 9.17) is 34.8 Å². The summed E-state index contributed by atoms with van der Waals surface area (Å²) in [4.78, 5) is 1.04. The van der Waals surface area contributed by atoms with E-state index < -0.39 is 6.10 Å². The van der Waals surface area contributed by atoms with Crippen LogP contribution in [0.3, 0.4) is 0 Å². The van der Waals surface area contributed by atoms with Crippen molar-refractivity contribution in [3.05, 3.63) is 63.1 Å². The fraction of sp³-hybridized carbons (Fsp3) is 0.143. The third-order valence-electron chi connectivity index (χ3n) is 2.56. The van der Waals surface area contributed by atoms with Crippen LogP contribution in [0.25, 0.3) is 0 Å². The molecule has 1 N–H and O–H groups in total. The predicted molar refractivity (Wildman–Crippen MR) is 83.6 cm³/mol. The fourth-order valence-electron chi connectivity index (χ4n) is 1.57. The average Bonchev–Trinajstić information content (AvgIpc) is 2.41. The molecule has 0 radical (unpaired) electrons. The molecule has 0 aliphatic carbocycles. The molecule has 2 rings (SSSR count). The van der Waals surface area contributed by atoms with E-state index in [0.29, 0.717) is 26.4 Å². The first-order chi connectivity index (χ1) is 9.08. The molecular weight excluding hydrogens is 323 g/mol. The van der Waals surface area contributed by atoms with Crippen LogP contribution in [0.5, 0.6) is 0 Å². The zero-order valence-electron chi connectivity index (χ0n) is 9.82. The lowest BCUT2D eigenvalue weighted by molar-refractivity contribution is 0.204. The van der Waals surface area contributed by atoms with E-state index >= 15 is 0 Å². The first-order valence-electron chi connectivity index (χ1n) is 5.58. The maximum Gasteiger partial charge on any atom is 0.0898 e. The van der Waals surface area contributed by atoms with Gasteiger partial charge < -0.3 is 5.11 Å². The van der Waals surface area contributed by atoms with Crippen LogP contribution in [0.1, 0.15) is 11.7 Å². The van der Waals surface area contributed by atoms with E-state index in [2.05, 4.69) is 0 Å². The molecule has 0 amide bonds. The topological polar surface area (TPSA) is 20.2 Å². The molecule has 1 atom stereocenters. The molecular formula is C14H11Cl3OS. The first kappa shape index (κ1) is 15.0. The van der Waals surface area contributed by atoms with Crippen molar-refractivity contribution in [1.82, 2.24) is 0 Å². The third kappa shape index (κ3) is 4.04. The molecule has 0 saturated carbocycles. The summed E-state index contributed by atoms with van der Waals surface area (Å²) in [5.41, 5.74) is 0.649. The fourth-order valence-corrected chi connectivity index (χ4v) is 2.99. The van der Waals surface area contributed by atoms with E-state index in [1.54, 1.807) is 18.2 Å². The van der Waals surface area contributed by atoms with Crippen molar-refractivity contribution in [3.63, 3.8) is 0 Å². The van der Waals surface area contributed by atoms with Crippen molar-refractivity contribution in [1.29, 1.82) is 0 Å².